The highest BCUT2D eigenvalue weighted by atomic mass is 32.1. The topological polar surface area (TPSA) is 88.2 Å². The van der Waals surface area contributed by atoms with Crippen LogP contribution in [0.1, 0.15) is 82.6 Å². The van der Waals surface area contributed by atoms with Crippen molar-refractivity contribution in [3.63, 3.8) is 0 Å². The summed E-state index contributed by atoms with van der Waals surface area (Å²) >= 11 is 1.41. The van der Waals surface area contributed by atoms with E-state index in [1.807, 2.05) is 76.8 Å². The molecule has 0 bridgehead atoms. The van der Waals surface area contributed by atoms with Gasteiger partial charge in [0, 0.05) is 37.0 Å². The van der Waals surface area contributed by atoms with Gasteiger partial charge in [0.1, 0.15) is 16.2 Å². The predicted octanol–water partition coefficient (Wildman–Crippen LogP) is 6.48. The number of esters is 1. The molecule has 9 heteroatoms. The van der Waals surface area contributed by atoms with Crippen molar-refractivity contribution in [2.24, 2.45) is 5.41 Å². The molecule has 1 atom stereocenters. The molecule has 2 amide bonds. The molecule has 8 nitrogen and oxygen atoms in total. The second-order valence-electron chi connectivity index (χ2n) is 13.5. The number of carbonyl (C=O) groups excluding carboxylic acids is 3. The normalized spacial score (nSPS) is 23.5. The number of ether oxygens (including phenoxy) is 2. The van der Waals surface area contributed by atoms with Crippen LogP contribution >= 0.6 is 11.3 Å². The Labute approximate surface area is 247 Å². The van der Waals surface area contributed by atoms with Crippen LogP contribution in [0.15, 0.2) is 30.3 Å². The summed E-state index contributed by atoms with van der Waals surface area (Å²) in [6.07, 6.45) is 3.77. The molecular formula is C32H43N3O5S. The number of hydrogen-bond acceptors (Lipinski definition) is 7. The molecule has 1 aromatic heterocycles. The molecule has 3 fully saturated rings. The molecule has 0 saturated carbocycles. The molecule has 4 heterocycles. The zero-order valence-corrected chi connectivity index (χ0v) is 26.0. The Morgan fingerprint density at radius 1 is 1.10 bits per heavy atom. The highest BCUT2D eigenvalue weighted by Crippen LogP contribution is 2.47. The van der Waals surface area contributed by atoms with Crippen molar-refractivity contribution in [3.8, 4) is 10.4 Å². The van der Waals surface area contributed by atoms with E-state index in [4.69, 9.17) is 9.47 Å². The van der Waals surface area contributed by atoms with Gasteiger partial charge in [-0.05, 0) is 84.9 Å². The minimum Gasteiger partial charge on any atom is -0.459 e. The van der Waals surface area contributed by atoms with E-state index >= 15 is 0 Å². The van der Waals surface area contributed by atoms with Crippen LogP contribution in [0.4, 0.5) is 9.80 Å². The molecule has 222 valence electrons. The van der Waals surface area contributed by atoms with Gasteiger partial charge in [-0.3, -0.25) is 19.8 Å². The highest BCUT2D eigenvalue weighted by molar-refractivity contribution is 7.20. The van der Waals surface area contributed by atoms with Crippen molar-refractivity contribution in [1.82, 2.24) is 9.80 Å². The smallest absolute Gasteiger partial charge is 0.412 e. The van der Waals surface area contributed by atoms with Crippen LogP contribution < -0.4 is 5.32 Å². The zero-order valence-electron chi connectivity index (χ0n) is 25.2. The summed E-state index contributed by atoms with van der Waals surface area (Å²) in [6, 6.07) is 10.3. The van der Waals surface area contributed by atoms with Crippen LogP contribution in [0.3, 0.4) is 0 Å². The van der Waals surface area contributed by atoms with Crippen molar-refractivity contribution >= 4 is 34.3 Å². The second-order valence-corrected chi connectivity index (χ2v) is 14.5. The maximum atomic E-state index is 14.0. The minimum absolute atomic E-state index is 0.0491. The first kappa shape index (κ1) is 29.6. The fourth-order valence-electron chi connectivity index (χ4n) is 6.78. The van der Waals surface area contributed by atoms with Gasteiger partial charge in [0.05, 0.1) is 11.0 Å². The summed E-state index contributed by atoms with van der Waals surface area (Å²) in [4.78, 5) is 45.0. The number of rotatable bonds is 4. The third-order valence-electron chi connectivity index (χ3n) is 8.45. The third-order valence-corrected chi connectivity index (χ3v) is 9.71. The van der Waals surface area contributed by atoms with E-state index in [1.165, 1.54) is 11.3 Å². The van der Waals surface area contributed by atoms with Crippen LogP contribution in [0.25, 0.3) is 10.4 Å². The highest BCUT2D eigenvalue weighted by Gasteiger charge is 2.54. The van der Waals surface area contributed by atoms with Crippen LogP contribution in [0.2, 0.25) is 0 Å². The van der Waals surface area contributed by atoms with Crippen molar-refractivity contribution in [2.45, 2.75) is 90.9 Å². The number of nitrogens with one attached hydrogen (secondary N) is 1. The first-order valence-electron chi connectivity index (χ1n) is 14.7. The number of benzene rings is 1. The van der Waals surface area contributed by atoms with Crippen molar-refractivity contribution in [3.05, 3.63) is 41.5 Å². The van der Waals surface area contributed by atoms with E-state index < -0.39 is 22.7 Å². The lowest BCUT2D eigenvalue weighted by Gasteiger charge is -2.44. The average molecular weight is 582 g/mol. The van der Waals surface area contributed by atoms with Crippen molar-refractivity contribution in [2.75, 3.05) is 31.5 Å². The van der Waals surface area contributed by atoms with Gasteiger partial charge in [-0.2, -0.15) is 0 Å². The Bertz CT molecular complexity index is 1310. The van der Waals surface area contributed by atoms with Gasteiger partial charge in [-0.25, -0.2) is 4.79 Å². The fourth-order valence-corrected chi connectivity index (χ4v) is 7.97. The third kappa shape index (κ3) is 6.31. The molecule has 3 aliphatic heterocycles. The summed E-state index contributed by atoms with van der Waals surface area (Å²) in [5, 5.41) is 3.39. The maximum Gasteiger partial charge on any atom is 0.412 e. The van der Waals surface area contributed by atoms with Gasteiger partial charge in [0.2, 0.25) is 0 Å². The van der Waals surface area contributed by atoms with Gasteiger partial charge in [0.25, 0.3) is 5.91 Å². The van der Waals surface area contributed by atoms with Crippen LogP contribution in [-0.2, 0) is 14.3 Å². The van der Waals surface area contributed by atoms with Gasteiger partial charge >= 0.3 is 12.1 Å². The summed E-state index contributed by atoms with van der Waals surface area (Å²) in [5.41, 5.74) is 0.942. The number of thiophene rings is 1. The lowest BCUT2D eigenvalue weighted by molar-refractivity contribution is -0.154. The van der Waals surface area contributed by atoms with E-state index in [1.54, 1.807) is 0 Å². The molecule has 41 heavy (non-hydrogen) atoms. The number of piperidine rings is 2. The molecule has 0 aliphatic carbocycles. The molecule has 3 aliphatic rings. The van der Waals surface area contributed by atoms with Crippen LogP contribution in [-0.4, -0.2) is 71.2 Å². The number of amides is 2. The minimum atomic E-state index is -0.650. The molecular weight excluding hydrogens is 538 g/mol. The zero-order chi connectivity index (χ0) is 29.6. The quantitative estimate of drug-likeness (QED) is 0.416. The monoisotopic (exact) mass is 581 g/mol. The van der Waals surface area contributed by atoms with Gasteiger partial charge in [-0.1, -0.05) is 30.3 Å². The van der Waals surface area contributed by atoms with E-state index in [0.29, 0.717) is 29.7 Å². The number of likely N-dealkylation sites (tertiary alicyclic amines) is 2. The molecule has 0 radical (unpaired) electrons. The summed E-state index contributed by atoms with van der Waals surface area (Å²) < 4.78 is 11.2. The number of nitrogens with zero attached hydrogens (tertiary/aromatic N) is 2. The van der Waals surface area contributed by atoms with Crippen LogP contribution in [0, 0.1) is 12.3 Å². The largest absolute Gasteiger partial charge is 0.459 e. The molecule has 3 saturated heterocycles. The summed E-state index contributed by atoms with van der Waals surface area (Å²) in [6.45, 7) is 14.4. The summed E-state index contributed by atoms with van der Waals surface area (Å²) in [7, 11) is 0. The Morgan fingerprint density at radius 2 is 1.78 bits per heavy atom. The SMILES string of the molecule is Cc1c(-c2ccccc2)sc(NC(=O)OC(C)(C)C)c1C(=O)N1CCC(N2CCCC3(C2)CC(C)(C)OC3=O)CC1. The standard InChI is InChI=1S/C32H43N3O5S/c1-21-24(26(33-29(38)40-30(2,3)4)41-25(21)22-11-8-7-9-12-22)27(36)34-17-13-23(14-18-34)35-16-10-15-32(20-35)19-31(5,6)39-28(32)37/h7-9,11-12,23H,10,13-20H2,1-6H3,(H,33,38). The Hall–Kier alpha value is -2.91. The second kappa shape index (κ2) is 11.1. The van der Waals surface area contributed by atoms with Crippen molar-refractivity contribution < 1.29 is 23.9 Å². The fraction of sp³-hybridized carbons (Fsp3) is 0.594. The number of cyclic esters (lactones) is 1. The first-order chi connectivity index (χ1) is 19.3. The number of carbonyl (C=O) groups is 3. The average Bonchev–Trinajstić information content (AvgIpc) is 3.33. The molecule has 1 aromatic carbocycles. The van der Waals surface area contributed by atoms with Gasteiger partial charge < -0.3 is 14.4 Å². The molecule has 1 unspecified atom stereocenters. The lowest BCUT2D eigenvalue weighted by Crippen LogP contribution is -2.53. The molecule has 2 aromatic rings. The molecule has 1 spiro atoms. The van der Waals surface area contributed by atoms with Gasteiger partial charge in [0.15, 0.2) is 0 Å². The lowest BCUT2D eigenvalue weighted by atomic mass is 9.74. The predicted molar refractivity (Wildman–Crippen MR) is 161 cm³/mol. The summed E-state index contributed by atoms with van der Waals surface area (Å²) in [5.74, 6) is -0.117. The van der Waals surface area contributed by atoms with E-state index in [0.717, 1.165) is 61.2 Å². The number of hydrogen-bond donors (Lipinski definition) is 1. The molecule has 5 rings (SSSR count). The van der Waals surface area contributed by atoms with E-state index in [-0.39, 0.29) is 11.9 Å². The van der Waals surface area contributed by atoms with Gasteiger partial charge in [-0.15, -0.1) is 11.3 Å². The first-order valence-corrected chi connectivity index (χ1v) is 15.5. The van der Waals surface area contributed by atoms with E-state index in [2.05, 4.69) is 10.2 Å². The number of anilines is 1. The Morgan fingerprint density at radius 3 is 2.39 bits per heavy atom. The maximum absolute atomic E-state index is 14.0. The Balaban J connectivity index is 1.31. The van der Waals surface area contributed by atoms with E-state index in [9.17, 15) is 14.4 Å². The Kier molecular flexibility index (Phi) is 7.98. The van der Waals surface area contributed by atoms with Crippen molar-refractivity contribution in [1.29, 1.82) is 0 Å². The molecule has 1 N–H and O–H groups in total. The van der Waals surface area contributed by atoms with Crippen LogP contribution in [0.5, 0.6) is 0 Å².